The molecule has 1 aromatic rings. The lowest BCUT2D eigenvalue weighted by Gasteiger charge is -1.97. The molecule has 0 aliphatic heterocycles. The van der Waals surface area contributed by atoms with Crippen molar-refractivity contribution in [2.24, 2.45) is 5.73 Å². The summed E-state index contributed by atoms with van der Waals surface area (Å²) in [4.78, 5) is 3.95. The van der Waals surface area contributed by atoms with Gasteiger partial charge in [0.05, 0.1) is 11.4 Å². The summed E-state index contributed by atoms with van der Waals surface area (Å²) in [6.07, 6.45) is 1.68. The molecule has 0 aliphatic rings. The van der Waals surface area contributed by atoms with Gasteiger partial charge in [-0.15, -0.1) is 12.4 Å². The highest BCUT2D eigenvalue weighted by Crippen LogP contribution is 2.03. The van der Waals surface area contributed by atoms with Gasteiger partial charge in [-0.2, -0.15) is 0 Å². The van der Waals surface area contributed by atoms with Crippen LogP contribution in [0.15, 0.2) is 18.3 Å². The Bertz CT molecular complexity index is 202. The van der Waals surface area contributed by atoms with Crippen LogP contribution in [0.25, 0.3) is 0 Å². The van der Waals surface area contributed by atoms with Crippen LogP contribution in [0.2, 0.25) is 0 Å². The predicted octanol–water partition coefficient (Wildman–Crippen LogP) is 0.544. The fourth-order valence-corrected chi connectivity index (χ4v) is 0.621. The maximum Gasteiger partial charge on any atom is 0.0768 e. The van der Waals surface area contributed by atoms with E-state index in [0.29, 0.717) is 12.2 Å². The van der Waals surface area contributed by atoms with Gasteiger partial charge in [0.25, 0.3) is 0 Å². The molecule has 0 unspecified atom stereocenters. The zero-order chi connectivity index (χ0) is 6.69. The quantitative estimate of drug-likeness (QED) is 0.629. The smallest absolute Gasteiger partial charge is 0.0768 e. The summed E-state index contributed by atoms with van der Waals surface area (Å²) in [7, 11) is 0. The number of aromatic nitrogens is 1. The van der Waals surface area contributed by atoms with Crippen LogP contribution in [0.4, 0.5) is 5.69 Å². The SMILES string of the molecule is Cl.NCc1ncccc1N. The van der Waals surface area contributed by atoms with E-state index in [0.717, 1.165) is 5.69 Å². The third kappa shape index (κ3) is 1.86. The first kappa shape index (κ1) is 9.20. The van der Waals surface area contributed by atoms with Crippen molar-refractivity contribution < 1.29 is 0 Å². The minimum atomic E-state index is 0. The van der Waals surface area contributed by atoms with Crippen molar-refractivity contribution >= 4 is 18.1 Å². The highest BCUT2D eigenvalue weighted by atomic mass is 35.5. The molecule has 56 valence electrons. The van der Waals surface area contributed by atoms with Crippen LogP contribution >= 0.6 is 12.4 Å². The first-order chi connectivity index (χ1) is 4.34. The molecule has 4 heteroatoms. The Hall–Kier alpha value is -0.800. The van der Waals surface area contributed by atoms with Gasteiger partial charge in [-0.05, 0) is 12.1 Å². The Balaban J connectivity index is 0.000000810. The Labute approximate surface area is 65.8 Å². The largest absolute Gasteiger partial charge is 0.397 e. The maximum atomic E-state index is 5.49. The molecule has 0 amide bonds. The molecule has 0 aliphatic carbocycles. The van der Waals surface area contributed by atoms with E-state index < -0.39 is 0 Å². The summed E-state index contributed by atoms with van der Waals surface area (Å²) in [5.74, 6) is 0. The van der Waals surface area contributed by atoms with Crippen LogP contribution in [0.1, 0.15) is 5.69 Å². The second-order valence-corrected chi connectivity index (χ2v) is 1.74. The summed E-state index contributed by atoms with van der Waals surface area (Å²) >= 11 is 0. The number of halogens is 1. The van der Waals surface area contributed by atoms with E-state index in [1.54, 1.807) is 18.3 Å². The lowest BCUT2D eigenvalue weighted by atomic mass is 10.3. The second-order valence-electron chi connectivity index (χ2n) is 1.74. The van der Waals surface area contributed by atoms with Gasteiger partial charge in [0, 0.05) is 12.7 Å². The lowest BCUT2D eigenvalue weighted by molar-refractivity contribution is 0.996. The molecule has 0 radical (unpaired) electrons. The van der Waals surface area contributed by atoms with Crippen LogP contribution in [-0.2, 0) is 6.54 Å². The predicted molar refractivity (Wildman–Crippen MR) is 43.8 cm³/mol. The molecule has 1 rings (SSSR count). The molecule has 3 nitrogen and oxygen atoms in total. The number of pyridine rings is 1. The van der Waals surface area contributed by atoms with E-state index in [2.05, 4.69) is 4.98 Å². The van der Waals surface area contributed by atoms with Crippen LogP contribution in [0.5, 0.6) is 0 Å². The van der Waals surface area contributed by atoms with Gasteiger partial charge < -0.3 is 11.5 Å². The molecule has 4 N–H and O–H groups in total. The fourth-order valence-electron chi connectivity index (χ4n) is 0.621. The Morgan fingerprint density at radius 2 is 2.20 bits per heavy atom. The van der Waals surface area contributed by atoms with Crippen molar-refractivity contribution in [3.8, 4) is 0 Å². The average molecular weight is 160 g/mol. The summed E-state index contributed by atoms with van der Waals surface area (Å²) < 4.78 is 0. The molecule has 0 spiro atoms. The maximum absolute atomic E-state index is 5.49. The third-order valence-corrected chi connectivity index (χ3v) is 1.12. The lowest BCUT2D eigenvalue weighted by Crippen LogP contribution is -2.03. The molecule has 0 saturated carbocycles. The molecule has 1 aromatic heterocycles. The molecular weight excluding hydrogens is 150 g/mol. The molecule has 0 aromatic carbocycles. The second kappa shape index (κ2) is 4.09. The fraction of sp³-hybridized carbons (Fsp3) is 0.167. The van der Waals surface area contributed by atoms with Crippen molar-refractivity contribution in [2.75, 3.05) is 5.73 Å². The molecular formula is C6H10ClN3. The Kier molecular flexibility index (Phi) is 3.76. The summed E-state index contributed by atoms with van der Waals surface area (Å²) in [6.45, 7) is 0.409. The minimum absolute atomic E-state index is 0. The van der Waals surface area contributed by atoms with Gasteiger partial charge in [-0.3, -0.25) is 4.98 Å². The summed E-state index contributed by atoms with van der Waals surface area (Å²) in [5.41, 5.74) is 12.2. The van der Waals surface area contributed by atoms with Gasteiger partial charge in [0.1, 0.15) is 0 Å². The molecule has 0 atom stereocenters. The van der Waals surface area contributed by atoms with E-state index in [-0.39, 0.29) is 12.4 Å². The Morgan fingerprint density at radius 1 is 1.50 bits per heavy atom. The highest BCUT2D eigenvalue weighted by molar-refractivity contribution is 5.85. The van der Waals surface area contributed by atoms with Crippen molar-refractivity contribution in [1.29, 1.82) is 0 Å². The molecule has 1 heterocycles. The molecule has 10 heavy (non-hydrogen) atoms. The van der Waals surface area contributed by atoms with E-state index in [4.69, 9.17) is 11.5 Å². The molecule has 0 saturated heterocycles. The van der Waals surface area contributed by atoms with Crippen molar-refractivity contribution in [1.82, 2.24) is 4.98 Å². The summed E-state index contributed by atoms with van der Waals surface area (Å²) in [6, 6.07) is 3.57. The van der Waals surface area contributed by atoms with Gasteiger partial charge in [-0.1, -0.05) is 0 Å². The number of nitrogens with zero attached hydrogens (tertiary/aromatic N) is 1. The standard InChI is InChI=1S/C6H9N3.ClH/c7-4-6-5(8)2-1-3-9-6;/h1-3H,4,7-8H2;1H. The number of hydrogen-bond acceptors (Lipinski definition) is 3. The minimum Gasteiger partial charge on any atom is -0.397 e. The zero-order valence-electron chi connectivity index (χ0n) is 5.45. The van der Waals surface area contributed by atoms with E-state index in [1.807, 2.05) is 0 Å². The number of hydrogen-bond donors (Lipinski definition) is 2. The Morgan fingerprint density at radius 3 is 2.60 bits per heavy atom. The van der Waals surface area contributed by atoms with Gasteiger partial charge in [0.2, 0.25) is 0 Å². The van der Waals surface area contributed by atoms with Gasteiger partial charge in [0.15, 0.2) is 0 Å². The van der Waals surface area contributed by atoms with Crippen molar-refractivity contribution in [3.63, 3.8) is 0 Å². The monoisotopic (exact) mass is 159 g/mol. The first-order valence-corrected chi connectivity index (χ1v) is 2.74. The zero-order valence-corrected chi connectivity index (χ0v) is 6.27. The van der Waals surface area contributed by atoms with E-state index >= 15 is 0 Å². The van der Waals surface area contributed by atoms with Crippen molar-refractivity contribution in [2.45, 2.75) is 6.54 Å². The van der Waals surface area contributed by atoms with Gasteiger partial charge in [-0.25, -0.2) is 0 Å². The normalized spacial score (nSPS) is 8.50. The number of anilines is 1. The van der Waals surface area contributed by atoms with Crippen molar-refractivity contribution in [3.05, 3.63) is 24.0 Å². The number of nitrogens with two attached hydrogens (primary N) is 2. The van der Waals surface area contributed by atoms with Gasteiger partial charge >= 0.3 is 0 Å². The van der Waals surface area contributed by atoms with Crippen LogP contribution in [0.3, 0.4) is 0 Å². The number of nitrogen functional groups attached to an aromatic ring is 1. The average Bonchev–Trinajstić information content (AvgIpc) is 1.89. The molecule has 0 fully saturated rings. The van der Waals surface area contributed by atoms with Crippen LogP contribution in [-0.4, -0.2) is 4.98 Å². The van der Waals surface area contributed by atoms with E-state index in [1.165, 1.54) is 0 Å². The topological polar surface area (TPSA) is 64.9 Å². The summed E-state index contributed by atoms with van der Waals surface area (Å²) in [5, 5.41) is 0. The molecule has 0 bridgehead atoms. The third-order valence-electron chi connectivity index (χ3n) is 1.12. The van der Waals surface area contributed by atoms with Crippen LogP contribution < -0.4 is 11.5 Å². The highest BCUT2D eigenvalue weighted by Gasteiger charge is 1.92. The number of rotatable bonds is 1. The first-order valence-electron chi connectivity index (χ1n) is 2.74. The van der Waals surface area contributed by atoms with E-state index in [9.17, 15) is 0 Å². The van der Waals surface area contributed by atoms with Crippen LogP contribution in [0, 0.1) is 0 Å².